The number of hydrogen-bond acceptors (Lipinski definition) is 4. The molecule has 4 rings (SSSR count). The molecule has 1 aliphatic rings. The van der Waals surface area contributed by atoms with Gasteiger partial charge in [-0.25, -0.2) is 8.42 Å². The van der Waals surface area contributed by atoms with Crippen LogP contribution in [0.1, 0.15) is 30.9 Å². The van der Waals surface area contributed by atoms with E-state index in [2.05, 4.69) is 29.3 Å². The van der Waals surface area contributed by atoms with Crippen LogP contribution in [0.15, 0.2) is 71.6 Å². The summed E-state index contributed by atoms with van der Waals surface area (Å²) in [5.41, 5.74) is 3.25. The summed E-state index contributed by atoms with van der Waals surface area (Å²) in [6, 6.07) is 19.1. The third-order valence-electron chi connectivity index (χ3n) is 6.48. The number of anilines is 2. The molecule has 196 valence electrons. The normalized spacial score (nSPS) is 15.9. The van der Waals surface area contributed by atoms with Crippen molar-refractivity contribution >= 4 is 50.5 Å². The number of amides is 1. The van der Waals surface area contributed by atoms with Crippen LogP contribution in [0, 0.1) is 12.8 Å². The van der Waals surface area contributed by atoms with E-state index in [0.29, 0.717) is 5.92 Å². The number of aryl methyl sites for hydroxylation is 1. The highest BCUT2D eigenvalue weighted by molar-refractivity contribution is 7.92. The van der Waals surface area contributed by atoms with Crippen molar-refractivity contribution in [3.63, 3.8) is 0 Å². The highest BCUT2D eigenvalue weighted by atomic mass is 35.5. The van der Waals surface area contributed by atoms with E-state index >= 15 is 0 Å². The predicted octanol–water partition coefficient (Wildman–Crippen LogP) is 6.05. The van der Waals surface area contributed by atoms with Gasteiger partial charge in [0.1, 0.15) is 6.54 Å². The maximum Gasteiger partial charge on any atom is 0.264 e. The van der Waals surface area contributed by atoms with E-state index in [9.17, 15) is 13.2 Å². The molecular formula is C28H31Cl2N3O3S. The van der Waals surface area contributed by atoms with Gasteiger partial charge in [-0.2, -0.15) is 0 Å². The average Bonchev–Trinajstić information content (AvgIpc) is 2.86. The summed E-state index contributed by atoms with van der Waals surface area (Å²) in [6.45, 7) is 6.11. The Morgan fingerprint density at radius 1 is 1.03 bits per heavy atom. The van der Waals surface area contributed by atoms with Crippen LogP contribution in [0.4, 0.5) is 11.4 Å². The average molecular weight is 561 g/mol. The Morgan fingerprint density at radius 2 is 1.68 bits per heavy atom. The minimum absolute atomic E-state index is 0.0737. The van der Waals surface area contributed by atoms with Crippen molar-refractivity contribution in [3.05, 3.63) is 87.9 Å². The number of carbonyl (C=O) groups excluding carboxylic acids is 1. The van der Waals surface area contributed by atoms with Gasteiger partial charge in [0.25, 0.3) is 10.0 Å². The third kappa shape index (κ3) is 6.98. The van der Waals surface area contributed by atoms with Gasteiger partial charge < -0.3 is 10.2 Å². The summed E-state index contributed by atoms with van der Waals surface area (Å²) < 4.78 is 28.1. The van der Waals surface area contributed by atoms with Gasteiger partial charge in [0.05, 0.1) is 10.6 Å². The van der Waals surface area contributed by atoms with E-state index in [4.69, 9.17) is 23.2 Å². The van der Waals surface area contributed by atoms with Gasteiger partial charge in [0.15, 0.2) is 0 Å². The molecule has 0 radical (unpaired) electrons. The molecule has 37 heavy (non-hydrogen) atoms. The zero-order valence-electron chi connectivity index (χ0n) is 21.0. The summed E-state index contributed by atoms with van der Waals surface area (Å²) in [7, 11) is -4.06. The zero-order valence-corrected chi connectivity index (χ0v) is 23.3. The molecule has 1 fully saturated rings. The molecule has 1 amide bonds. The van der Waals surface area contributed by atoms with Crippen molar-refractivity contribution in [2.75, 3.05) is 28.8 Å². The molecule has 1 atom stereocenters. The van der Waals surface area contributed by atoms with Gasteiger partial charge in [-0.15, -0.1) is 0 Å². The molecule has 3 aromatic rings. The van der Waals surface area contributed by atoms with Crippen molar-refractivity contribution in [1.29, 1.82) is 0 Å². The molecule has 3 aromatic carbocycles. The van der Waals surface area contributed by atoms with Crippen molar-refractivity contribution in [2.24, 2.45) is 5.92 Å². The number of nitrogens with zero attached hydrogens (tertiary/aromatic N) is 2. The maximum atomic E-state index is 13.5. The Morgan fingerprint density at radius 3 is 2.30 bits per heavy atom. The van der Waals surface area contributed by atoms with Crippen LogP contribution >= 0.6 is 23.2 Å². The molecular weight excluding hydrogens is 529 g/mol. The second-order valence-electron chi connectivity index (χ2n) is 9.59. The van der Waals surface area contributed by atoms with Gasteiger partial charge in [-0.05, 0) is 73.7 Å². The molecule has 0 saturated carbocycles. The highest BCUT2D eigenvalue weighted by Gasteiger charge is 2.28. The van der Waals surface area contributed by atoms with Crippen LogP contribution in [0.5, 0.6) is 0 Å². The molecule has 1 N–H and O–H groups in total. The van der Waals surface area contributed by atoms with E-state index in [1.165, 1.54) is 48.9 Å². The molecule has 0 aliphatic carbocycles. The standard InChI is InChI=1S/C28H31Cl2N3O3S/c1-20-5-11-27(12-6-20)37(35,36)33(26-15-23(29)14-24(30)16-26)19-28(34)31-17-22-7-9-25(10-8-22)32-13-3-4-21(2)18-32/h5-12,14-16,21H,3-4,13,17-19H2,1-2H3,(H,31,34). The molecule has 1 unspecified atom stereocenters. The quantitative estimate of drug-likeness (QED) is 0.364. The number of piperidine rings is 1. The second kappa shape index (κ2) is 11.8. The fraction of sp³-hybridized carbons (Fsp3) is 0.321. The molecule has 6 nitrogen and oxygen atoms in total. The van der Waals surface area contributed by atoms with Gasteiger partial charge in [0, 0.05) is 35.4 Å². The van der Waals surface area contributed by atoms with Crippen LogP contribution < -0.4 is 14.5 Å². The van der Waals surface area contributed by atoms with Crippen molar-refractivity contribution in [1.82, 2.24) is 5.32 Å². The number of carbonyl (C=O) groups is 1. The summed E-state index contributed by atoms with van der Waals surface area (Å²) in [5, 5.41) is 3.39. The van der Waals surface area contributed by atoms with Crippen LogP contribution in [-0.4, -0.2) is 34.0 Å². The Labute approximate surface area is 229 Å². The SMILES string of the molecule is Cc1ccc(S(=O)(=O)N(CC(=O)NCc2ccc(N3CCCC(C)C3)cc2)c2cc(Cl)cc(Cl)c2)cc1. The molecule has 1 heterocycles. The Balaban J connectivity index is 1.48. The molecule has 0 bridgehead atoms. The first kappa shape index (κ1) is 27.3. The number of nitrogens with one attached hydrogen (secondary N) is 1. The Bertz CT molecular complexity index is 1330. The minimum Gasteiger partial charge on any atom is -0.371 e. The Kier molecular flexibility index (Phi) is 8.67. The lowest BCUT2D eigenvalue weighted by atomic mass is 9.99. The summed E-state index contributed by atoms with van der Waals surface area (Å²) in [5.74, 6) is 0.238. The number of benzene rings is 3. The van der Waals surface area contributed by atoms with Crippen LogP contribution in [0.3, 0.4) is 0 Å². The van der Waals surface area contributed by atoms with E-state index in [0.717, 1.165) is 28.5 Å². The predicted molar refractivity (Wildman–Crippen MR) is 151 cm³/mol. The van der Waals surface area contributed by atoms with Gasteiger partial charge in [0.2, 0.25) is 5.91 Å². The lowest BCUT2D eigenvalue weighted by molar-refractivity contribution is -0.119. The minimum atomic E-state index is -4.06. The number of sulfonamides is 1. The first-order valence-electron chi connectivity index (χ1n) is 12.3. The van der Waals surface area contributed by atoms with E-state index in [1.54, 1.807) is 12.1 Å². The molecule has 1 aliphatic heterocycles. The third-order valence-corrected chi connectivity index (χ3v) is 8.70. The number of halogens is 2. The summed E-state index contributed by atoms with van der Waals surface area (Å²) in [4.78, 5) is 15.4. The first-order chi connectivity index (χ1) is 17.6. The topological polar surface area (TPSA) is 69.7 Å². The zero-order chi connectivity index (χ0) is 26.6. The van der Waals surface area contributed by atoms with Crippen molar-refractivity contribution < 1.29 is 13.2 Å². The molecule has 9 heteroatoms. The number of rotatable bonds is 8. The monoisotopic (exact) mass is 559 g/mol. The summed E-state index contributed by atoms with van der Waals surface area (Å²) in [6.07, 6.45) is 2.46. The second-order valence-corrected chi connectivity index (χ2v) is 12.3. The molecule has 0 aromatic heterocycles. The summed E-state index contributed by atoms with van der Waals surface area (Å²) >= 11 is 12.3. The smallest absolute Gasteiger partial charge is 0.264 e. The molecule has 1 saturated heterocycles. The fourth-order valence-corrected chi connectivity index (χ4v) is 6.39. The Hall–Kier alpha value is -2.74. The van der Waals surface area contributed by atoms with Gasteiger partial charge in [-0.1, -0.05) is 60.0 Å². The van der Waals surface area contributed by atoms with E-state index < -0.39 is 22.5 Å². The van der Waals surface area contributed by atoms with Crippen LogP contribution in [0.2, 0.25) is 10.0 Å². The molecule has 0 spiro atoms. The maximum absolute atomic E-state index is 13.5. The first-order valence-corrected chi connectivity index (χ1v) is 14.5. The van der Waals surface area contributed by atoms with Gasteiger partial charge in [-0.3, -0.25) is 9.10 Å². The highest BCUT2D eigenvalue weighted by Crippen LogP contribution is 2.30. The van der Waals surface area contributed by atoms with Crippen LogP contribution in [0.25, 0.3) is 0 Å². The largest absolute Gasteiger partial charge is 0.371 e. The number of hydrogen-bond donors (Lipinski definition) is 1. The van der Waals surface area contributed by atoms with Gasteiger partial charge >= 0.3 is 0 Å². The lowest BCUT2D eigenvalue weighted by Gasteiger charge is -2.32. The van der Waals surface area contributed by atoms with Crippen molar-refractivity contribution in [3.8, 4) is 0 Å². The van der Waals surface area contributed by atoms with E-state index in [-0.39, 0.29) is 27.2 Å². The van der Waals surface area contributed by atoms with E-state index in [1.807, 2.05) is 19.1 Å². The lowest BCUT2D eigenvalue weighted by Crippen LogP contribution is -2.40. The van der Waals surface area contributed by atoms with Crippen LogP contribution in [-0.2, 0) is 21.4 Å². The van der Waals surface area contributed by atoms with Crippen molar-refractivity contribution in [2.45, 2.75) is 38.1 Å². The fourth-order valence-electron chi connectivity index (χ4n) is 4.47.